The van der Waals surface area contributed by atoms with E-state index in [1.807, 2.05) is 0 Å². The fourth-order valence-corrected chi connectivity index (χ4v) is 2.18. The second-order valence-electron chi connectivity index (χ2n) is 3.47. The smallest absolute Gasteiger partial charge is 0.212 e. The number of alkyl halides is 2. The van der Waals surface area contributed by atoms with Crippen molar-refractivity contribution in [2.45, 2.75) is 32.7 Å². The molecule has 0 amide bonds. The summed E-state index contributed by atoms with van der Waals surface area (Å²) in [6.45, 7) is 3.07. The molecule has 0 saturated carbocycles. The maximum Gasteiger partial charge on any atom is 0.258 e. The Balaban J connectivity index is 4.67. The fraction of sp³-hybridized carbons (Fsp3) is 1.00. The van der Waals surface area contributed by atoms with Gasteiger partial charge < -0.3 is 0 Å². The lowest BCUT2D eigenvalue weighted by Crippen LogP contribution is -2.43. The van der Waals surface area contributed by atoms with Crippen LogP contribution in [0, 0.1) is 0 Å². The van der Waals surface area contributed by atoms with Gasteiger partial charge in [0.2, 0.25) is 10.0 Å². The first-order valence-corrected chi connectivity index (χ1v) is 5.73. The van der Waals surface area contributed by atoms with Gasteiger partial charge in [-0.25, -0.2) is 17.2 Å². The second kappa shape index (κ2) is 3.88. The molecule has 0 bridgehead atoms. The van der Waals surface area contributed by atoms with Gasteiger partial charge >= 0.3 is 0 Å². The normalized spacial score (nSPS) is 14.2. The molecule has 0 N–H and O–H groups in total. The number of sulfonamides is 1. The lowest BCUT2D eigenvalue weighted by Gasteiger charge is -2.26. The van der Waals surface area contributed by atoms with E-state index >= 15 is 0 Å². The van der Waals surface area contributed by atoms with Crippen molar-refractivity contribution in [1.82, 2.24) is 4.31 Å². The van der Waals surface area contributed by atoms with E-state index in [9.17, 15) is 17.2 Å². The molecule has 0 aromatic carbocycles. The van der Waals surface area contributed by atoms with E-state index < -0.39 is 28.5 Å². The highest BCUT2D eigenvalue weighted by Gasteiger charge is 2.31. The highest BCUT2D eigenvalue weighted by atomic mass is 32.2. The minimum atomic E-state index is -3.54. The molecular formula is C7H15F2NO2S. The van der Waals surface area contributed by atoms with Crippen LogP contribution in [0.15, 0.2) is 0 Å². The second-order valence-corrected chi connectivity index (χ2v) is 5.41. The van der Waals surface area contributed by atoms with Crippen molar-refractivity contribution < 1.29 is 17.2 Å². The molecule has 0 aliphatic carbocycles. The van der Waals surface area contributed by atoms with Crippen molar-refractivity contribution in [2.24, 2.45) is 0 Å². The molecule has 0 radical (unpaired) electrons. The third-order valence-electron chi connectivity index (χ3n) is 1.44. The Bertz CT molecular complexity index is 256. The zero-order valence-electron chi connectivity index (χ0n) is 8.21. The first-order chi connectivity index (χ1) is 5.54. The molecule has 0 fully saturated rings. The molecule has 0 rings (SSSR count). The minimum Gasteiger partial charge on any atom is -0.212 e. The first-order valence-electron chi connectivity index (χ1n) is 3.88. The topological polar surface area (TPSA) is 37.4 Å². The Morgan fingerprint density at radius 3 is 1.85 bits per heavy atom. The maximum absolute atomic E-state index is 12.6. The predicted molar refractivity (Wildman–Crippen MR) is 47.3 cm³/mol. The Morgan fingerprint density at radius 1 is 1.38 bits per heavy atom. The largest absolute Gasteiger partial charge is 0.258 e. The van der Waals surface area contributed by atoms with Crippen molar-refractivity contribution in [2.75, 3.05) is 12.8 Å². The highest BCUT2D eigenvalue weighted by molar-refractivity contribution is 7.88. The Kier molecular flexibility index (Phi) is 3.81. The van der Waals surface area contributed by atoms with Gasteiger partial charge in [0.15, 0.2) is 0 Å². The van der Waals surface area contributed by atoms with E-state index in [4.69, 9.17) is 0 Å². The molecule has 0 atom stereocenters. The van der Waals surface area contributed by atoms with Gasteiger partial charge in [-0.05, 0) is 13.8 Å². The summed E-state index contributed by atoms with van der Waals surface area (Å²) in [4.78, 5) is 0. The van der Waals surface area contributed by atoms with Crippen molar-refractivity contribution >= 4 is 10.0 Å². The van der Waals surface area contributed by atoms with E-state index in [1.54, 1.807) is 13.8 Å². The summed E-state index contributed by atoms with van der Waals surface area (Å²) in [5, 5.41) is 0. The third kappa shape index (κ3) is 5.15. The van der Waals surface area contributed by atoms with Gasteiger partial charge in [0.05, 0.1) is 12.8 Å². The summed E-state index contributed by atoms with van der Waals surface area (Å²) in [6.07, 6.45) is 0.929. The van der Waals surface area contributed by atoms with E-state index in [2.05, 4.69) is 0 Å². The van der Waals surface area contributed by atoms with Crippen molar-refractivity contribution in [3.63, 3.8) is 0 Å². The summed E-state index contributed by atoms with van der Waals surface area (Å²) in [7, 11) is -3.54. The van der Waals surface area contributed by atoms with Crippen LogP contribution in [-0.4, -0.2) is 37.5 Å². The first kappa shape index (κ1) is 12.8. The Morgan fingerprint density at radius 2 is 1.77 bits per heavy atom. The van der Waals surface area contributed by atoms with Crippen LogP contribution in [0.3, 0.4) is 0 Å². The van der Waals surface area contributed by atoms with Crippen LogP contribution in [0.5, 0.6) is 0 Å². The van der Waals surface area contributed by atoms with Gasteiger partial charge in [-0.15, -0.1) is 0 Å². The summed E-state index contributed by atoms with van der Waals surface area (Å²) in [6, 6.07) is -0.444. The van der Waals surface area contributed by atoms with Crippen LogP contribution in [0.2, 0.25) is 0 Å². The van der Waals surface area contributed by atoms with Gasteiger partial charge in [0.1, 0.15) is 0 Å². The molecule has 3 nitrogen and oxygen atoms in total. The summed E-state index contributed by atoms with van der Waals surface area (Å²) in [5.74, 6) is -2.99. The van der Waals surface area contributed by atoms with Crippen LogP contribution in [0.4, 0.5) is 8.78 Å². The van der Waals surface area contributed by atoms with Crippen molar-refractivity contribution in [3.8, 4) is 0 Å². The van der Waals surface area contributed by atoms with Gasteiger partial charge in [-0.3, -0.25) is 0 Å². The summed E-state index contributed by atoms with van der Waals surface area (Å²) >= 11 is 0. The van der Waals surface area contributed by atoms with Crippen LogP contribution >= 0.6 is 0 Å². The van der Waals surface area contributed by atoms with E-state index in [-0.39, 0.29) is 0 Å². The molecule has 6 heteroatoms. The number of rotatable bonds is 4. The molecule has 80 valence electrons. The molecule has 0 aliphatic heterocycles. The zero-order valence-corrected chi connectivity index (χ0v) is 9.03. The number of hydrogen-bond donors (Lipinski definition) is 0. The van der Waals surface area contributed by atoms with Gasteiger partial charge in [-0.2, -0.15) is 4.31 Å². The van der Waals surface area contributed by atoms with E-state index in [1.165, 1.54) is 0 Å². The van der Waals surface area contributed by atoms with Crippen molar-refractivity contribution in [1.29, 1.82) is 0 Å². The summed E-state index contributed by atoms with van der Waals surface area (Å²) in [5.41, 5.74) is 0. The molecule has 0 aromatic heterocycles. The monoisotopic (exact) mass is 215 g/mol. The standard InChI is InChI=1S/C7H15F2NO2S/c1-6(2)10(13(4,11)12)5-7(3,8)9/h6H,5H2,1-4H3. The van der Waals surface area contributed by atoms with Gasteiger partial charge in [0.25, 0.3) is 5.92 Å². The van der Waals surface area contributed by atoms with Crippen LogP contribution in [0.1, 0.15) is 20.8 Å². The lowest BCUT2D eigenvalue weighted by molar-refractivity contribution is -0.000235. The molecular weight excluding hydrogens is 200 g/mol. The third-order valence-corrected chi connectivity index (χ3v) is 2.84. The summed E-state index contributed by atoms with van der Waals surface area (Å²) < 4.78 is 48.0. The number of hydrogen-bond acceptors (Lipinski definition) is 2. The van der Waals surface area contributed by atoms with E-state index in [0.717, 1.165) is 10.6 Å². The Labute approximate surface area is 77.8 Å². The maximum atomic E-state index is 12.6. The quantitative estimate of drug-likeness (QED) is 0.709. The van der Waals surface area contributed by atoms with Crippen LogP contribution in [-0.2, 0) is 10.0 Å². The molecule has 13 heavy (non-hydrogen) atoms. The molecule has 0 aliphatic rings. The average Bonchev–Trinajstić information content (AvgIpc) is 1.77. The van der Waals surface area contributed by atoms with E-state index in [0.29, 0.717) is 6.92 Å². The van der Waals surface area contributed by atoms with Crippen LogP contribution < -0.4 is 0 Å². The lowest BCUT2D eigenvalue weighted by atomic mass is 10.3. The SMILES string of the molecule is CC(C)N(CC(C)(F)F)S(C)(=O)=O. The molecule has 0 spiro atoms. The highest BCUT2D eigenvalue weighted by Crippen LogP contribution is 2.17. The number of nitrogens with zero attached hydrogens (tertiary/aromatic N) is 1. The predicted octanol–water partition coefficient (Wildman–Crippen LogP) is 1.31. The molecule has 0 aromatic rings. The fourth-order valence-electron chi connectivity index (χ4n) is 0.956. The zero-order chi connectivity index (χ0) is 10.9. The van der Waals surface area contributed by atoms with Gasteiger partial charge in [0, 0.05) is 13.0 Å². The molecule has 0 unspecified atom stereocenters. The number of halogens is 2. The Hall–Kier alpha value is -0.230. The van der Waals surface area contributed by atoms with Crippen LogP contribution in [0.25, 0.3) is 0 Å². The minimum absolute atomic E-state index is 0.444. The molecule has 0 saturated heterocycles. The van der Waals surface area contributed by atoms with Crippen molar-refractivity contribution in [3.05, 3.63) is 0 Å². The molecule has 0 heterocycles. The van der Waals surface area contributed by atoms with Gasteiger partial charge in [-0.1, -0.05) is 0 Å². The average molecular weight is 215 g/mol.